The van der Waals surface area contributed by atoms with E-state index in [-0.39, 0.29) is 18.0 Å². The zero-order valence-electron chi connectivity index (χ0n) is 20.6. The molecule has 186 valence electrons. The molecule has 1 aliphatic carbocycles. The van der Waals surface area contributed by atoms with Crippen LogP contribution in [-0.2, 0) is 10.3 Å². The van der Waals surface area contributed by atoms with E-state index in [0.29, 0.717) is 38.6 Å². The second kappa shape index (κ2) is 12.6. The highest BCUT2D eigenvalue weighted by Crippen LogP contribution is 2.44. The summed E-state index contributed by atoms with van der Waals surface area (Å²) in [7, 11) is 3.59. The fraction of sp³-hybridized carbons (Fsp3) is 0.731. The summed E-state index contributed by atoms with van der Waals surface area (Å²) in [4.78, 5) is 14.8. The van der Waals surface area contributed by atoms with E-state index in [9.17, 15) is 9.90 Å². The SMILES string of the molecule is CNCC(C)NC(=O)N1CCC[C@@H]([C@@](O)(CCCCOC)c2ccccc2OCC2CC2)C1. The molecule has 0 radical (unpaired) electrons. The van der Waals surface area contributed by atoms with Crippen molar-refractivity contribution in [2.75, 3.05) is 47.0 Å². The van der Waals surface area contributed by atoms with E-state index in [1.54, 1.807) is 7.11 Å². The number of rotatable bonds is 13. The van der Waals surface area contributed by atoms with E-state index in [4.69, 9.17) is 9.47 Å². The Morgan fingerprint density at radius 1 is 1.27 bits per heavy atom. The number of hydrogen-bond acceptors (Lipinski definition) is 5. The maximum Gasteiger partial charge on any atom is 0.317 e. The Kier molecular flexibility index (Phi) is 9.83. The van der Waals surface area contributed by atoms with Crippen molar-refractivity contribution in [3.63, 3.8) is 0 Å². The Bertz CT molecular complexity index is 742. The molecule has 1 aromatic carbocycles. The van der Waals surface area contributed by atoms with E-state index in [1.807, 2.05) is 43.1 Å². The number of likely N-dealkylation sites (N-methyl/N-ethyl adjacent to an activating group) is 1. The number of para-hydroxylation sites is 1. The molecule has 3 N–H and O–H groups in total. The van der Waals surface area contributed by atoms with Crippen LogP contribution in [0.2, 0.25) is 0 Å². The monoisotopic (exact) mass is 461 g/mol. The first-order valence-electron chi connectivity index (χ1n) is 12.6. The lowest BCUT2D eigenvalue weighted by Gasteiger charge is -2.43. The van der Waals surface area contributed by atoms with Gasteiger partial charge < -0.3 is 30.1 Å². The summed E-state index contributed by atoms with van der Waals surface area (Å²) >= 11 is 0. The quantitative estimate of drug-likeness (QED) is 0.392. The fourth-order valence-electron chi connectivity index (χ4n) is 4.85. The molecule has 1 saturated carbocycles. The molecule has 2 fully saturated rings. The number of nitrogens with zero attached hydrogens (tertiary/aromatic N) is 1. The van der Waals surface area contributed by atoms with Crippen LogP contribution >= 0.6 is 0 Å². The summed E-state index contributed by atoms with van der Waals surface area (Å²) < 4.78 is 11.4. The molecule has 3 atom stereocenters. The van der Waals surface area contributed by atoms with Crippen LogP contribution in [0.1, 0.15) is 57.4 Å². The molecule has 33 heavy (non-hydrogen) atoms. The molecule has 0 spiro atoms. The van der Waals surface area contributed by atoms with Gasteiger partial charge >= 0.3 is 6.03 Å². The van der Waals surface area contributed by atoms with Crippen molar-refractivity contribution in [1.82, 2.24) is 15.5 Å². The lowest BCUT2D eigenvalue weighted by atomic mass is 9.73. The Balaban J connectivity index is 1.78. The largest absolute Gasteiger partial charge is 0.493 e. The van der Waals surface area contributed by atoms with Gasteiger partial charge in [-0.1, -0.05) is 18.2 Å². The van der Waals surface area contributed by atoms with E-state index < -0.39 is 5.60 Å². The number of likely N-dealkylation sites (tertiary alicyclic amines) is 1. The van der Waals surface area contributed by atoms with E-state index in [2.05, 4.69) is 10.6 Å². The smallest absolute Gasteiger partial charge is 0.317 e. The second-order valence-corrected chi connectivity index (χ2v) is 9.82. The Morgan fingerprint density at radius 3 is 2.79 bits per heavy atom. The maximum absolute atomic E-state index is 12.9. The number of urea groups is 1. The van der Waals surface area contributed by atoms with Gasteiger partial charge in [-0.15, -0.1) is 0 Å². The molecule has 1 unspecified atom stereocenters. The number of amides is 2. The topological polar surface area (TPSA) is 83.1 Å². The minimum atomic E-state index is -1.05. The van der Waals surface area contributed by atoms with Gasteiger partial charge in [0.05, 0.1) is 12.2 Å². The number of methoxy groups -OCH3 is 1. The first-order valence-corrected chi connectivity index (χ1v) is 12.6. The molecule has 2 aliphatic rings. The number of piperidine rings is 1. The average molecular weight is 462 g/mol. The molecule has 1 aliphatic heterocycles. The molecule has 7 nitrogen and oxygen atoms in total. The van der Waals surface area contributed by atoms with Crippen molar-refractivity contribution in [3.05, 3.63) is 29.8 Å². The van der Waals surface area contributed by atoms with Crippen LogP contribution in [-0.4, -0.2) is 69.1 Å². The fourth-order valence-corrected chi connectivity index (χ4v) is 4.85. The maximum atomic E-state index is 12.9. The number of hydrogen-bond donors (Lipinski definition) is 3. The molecule has 1 saturated heterocycles. The molecular weight excluding hydrogens is 418 g/mol. The predicted molar refractivity (Wildman–Crippen MR) is 131 cm³/mol. The van der Waals surface area contributed by atoms with Gasteiger partial charge in [0, 0.05) is 50.9 Å². The number of carbonyl (C=O) groups excluding carboxylic acids is 1. The highest BCUT2D eigenvalue weighted by atomic mass is 16.5. The van der Waals surface area contributed by atoms with Crippen LogP contribution in [0, 0.1) is 11.8 Å². The normalized spacial score (nSPS) is 21.3. The summed E-state index contributed by atoms with van der Waals surface area (Å²) in [5, 5.41) is 18.4. The zero-order valence-corrected chi connectivity index (χ0v) is 20.6. The summed E-state index contributed by atoms with van der Waals surface area (Å²) in [5.41, 5.74) is -0.192. The molecule has 0 aromatic heterocycles. The van der Waals surface area contributed by atoms with Gasteiger partial charge in [0.1, 0.15) is 5.75 Å². The third kappa shape index (κ3) is 7.33. The summed E-state index contributed by atoms with van der Waals surface area (Å²) in [6.45, 7) is 5.36. The third-order valence-electron chi connectivity index (χ3n) is 6.95. The molecule has 2 amide bonds. The van der Waals surface area contributed by atoms with Gasteiger partial charge in [-0.3, -0.25) is 0 Å². The Morgan fingerprint density at radius 2 is 2.06 bits per heavy atom. The van der Waals surface area contributed by atoms with Crippen molar-refractivity contribution in [2.45, 2.75) is 63.5 Å². The molecule has 1 aromatic rings. The third-order valence-corrected chi connectivity index (χ3v) is 6.95. The lowest BCUT2D eigenvalue weighted by Crippen LogP contribution is -2.53. The van der Waals surface area contributed by atoms with Gasteiger partial charge in [-0.05, 0) is 70.9 Å². The lowest BCUT2D eigenvalue weighted by molar-refractivity contribution is -0.0580. The standard InChI is InChI=1S/C26H43N3O4/c1-20(17-27-2)28-25(30)29-15-8-9-22(18-29)26(31,14-6-7-16-32-3)23-10-4-5-11-24(23)33-19-21-12-13-21/h4-5,10-11,20-22,27,31H,6-9,12-19H2,1-3H3,(H,28,30)/t20?,22-,26+/m1/s1. The van der Waals surface area contributed by atoms with Crippen molar-refractivity contribution >= 4 is 6.03 Å². The highest BCUT2D eigenvalue weighted by molar-refractivity contribution is 5.74. The molecule has 7 heteroatoms. The number of benzene rings is 1. The Hall–Kier alpha value is -1.83. The second-order valence-electron chi connectivity index (χ2n) is 9.82. The number of carbonyl (C=O) groups is 1. The average Bonchev–Trinajstić information content (AvgIpc) is 3.65. The predicted octanol–water partition coefficient (Wildman–Crippen LogP) is 3.51. The van der Waals surface area contributed by atoms with E-state index >= 15 is 0 Å². The minimum Gasteiger partial charge on any atom is -0.493 e. The van der Waals surface area contributed by atoms with Gasteiger partial charge in [-0.25, -0.2) is 4.79 Å². The number of unbranched alkanes of at least 4 members (excludes halogenated alkanes) is 1. The Labute approximate surface area is 199 Å². The van der Waals surface area contributed by atoms with Gasteiger partial charge in [0.25, 0.3) is 0 Å². The molecular formula is C26H43N3O4. The van der Waals surface area contributed by atoms with Crippen molar-refractivity contribution in [1.29, 1.82) is 0 Å². The van der Waals surface area contributed by atoms with Crippen molar-refractivity contribution in [2.24, 2.45) is 11.8 Å². The minimum absolute atomic E-state index is 0.0485. The van der Waals surface area contributed by atoms with Crippen LogP contribution in [0.5, 0.6) is 5.75 Å². The van der Waals surface area contributed by atoms with E-state index in [1.165, 1.54) is 12.8 Å². The van der Waals surface area contributed by atoms with Gasteiger partial charge in [0.15, 0.2) is 0 Å². The van der Waals surface area contributed by atoms with Crippen LogP contribution in [0.3, 0.4) is 0 Å². The summed E-state index contributed by atoms with van der Waals surface area (Å²) in [6, 6.07) is 7.93. The first-order chi connectivity index (χ1) is 16.0. The number of aliphatic hydroxyl groups is 1. The van der Waals surface area contributed by atoms with Gasteiger partial charge in [-0.2, -0.15) is 0 Å². The summed E-state index contributed by atoms with van der Waals surface area (Å²) in [5.74, 6) is 1.37. The first kappa shape index (κ1) is 25.8. The summed E-state index contributed by atoms with van der Waals surface area (Å²) in [6.07, 6.45) is 6.57. The number of nitrogens with one attached hydrogen (secondary N) is 2. The van der Waals surface area contributed by atoms with Crippen LogP contribution in [0.25, 0.3) is 0 Å². The van der Waals surface area contributed by atoms with Crippen molar-refractivity contribution < 1.29 is 19.4 Å². The van der Waals surface area contributed by atoms with Crippen LogP contribution in [0.15, 0.2) is 24.3 Å². The highest BCUT2D eigenvalue weighted by Gasteiger charge is 2.43. The number of ether oxygens (including phenoxy) is 2. The molecule has 3 rings (SSSR count). The van der Waals surface area contributed by atoms with E-state index in [0.717, 1.165) is 43.5 Å². The molecule has 0 bridgehead atoms. The molecule has 1 heterocycles. The van der Waals surface area contributed by atoms with Crippen LogP contribution in [0.4, 0.5) is 4.79 Å². The van der Waals surface area contributed by atoms with Gasteiger partial charge in [0.2, 0.25) is 0 Å². The zero-order chi connectivity index (χ0) is 23.7. The van der Waals surface area contributed by atoms with Crippen LogP contribution < -0.4 is 15.4 Å². The van der Waals surface area contributed by atoms with Crippen molar-refractivity contribution in [3.8, 4) is 5.75 Å².